The van der Waals surface area contributed by atoms with Gasteiger partial charge < -0.3 is 20.3 Å². The lowest BCUT2D eigenvalue weighted by Crippen LogP contribution is -2.45. The van der Waals surface area contributed by atoms with E-state index in [4.69, 9.17) is 27.4 Å². The van der Waals surface area contributed by atoms with Crippen molar-refractivity contribution in [2.75, 3.05) is 0 Å². The third-order valence-corrected chi connectivity index (χ3v) is 5.01. The number of carbonyl (C=O) groups excluding carboxylic acids is 1. The number of nitrogens with zero attached hydrogens (tertiary/aromatic N) is 2. The van der Waals surface area contributed by atoms with Crippen LogP contribution in [0.15, 0.2) is 36.0 Å². The average molecular weight is 373 g/mol. The Kier molecular flexibility index (Phi) is 5.09. The maximum Gasteiger partial charge on any atom is 0.345 e. The van der Waals surface area contributed by atoms with E-state index in [1.54, 1.807) is 18.3 Å². The van der Waals surface area contributed by atoms with Crippen LogP contribution in [-0.4, -0.2) is 26.8 Å². The Morgan fingerprint density at radius 1 is 1.38 bits per heavy atom. The minimum Gasteiger partial charge on any atom is -0.480 e. The molecule has 1 aliphatic carbocycles. The molecular weight excluding hydrogens is 354 g/mol. The standard InChI is InChI=1S/C18H19N3O4S/c19-9-12(15(20)26)13(11-5-4-8-21-10-11)14-16(22)24-18(25-17(14)23)6-2-1-3-7-18/h4-5,8,10,12-13,22H,1-3,6-7H2,(H2,20,26). The Hall–Kier alpha value is -2.66. The number of ether oxygens (including phenoxy) is 2. The molecule has 0 aromatic carbocycles. The highest BCUT2D eigenvalue weighted by Gasteiger charge is 2.48. The molecule has 0 saturated heterocycles. The SMILES string of the molecule is N#CC(C(N)=S)C(C1=C(O)OC2(CCCCC2)OC1=O)c1cccnc1. The molecule has 2 aliphatic rings. The minimum absolute atomic E-state index is 0.0904. The van der Waals surface area contributed by atoms with Gasteiger partial charge in [-0.3, -0.25) is 4.98 Å². The quantitative estimate of drug-likeness (QED) is 0.611. The lowest BCUT2D eigenvalue weighted by molar-refractivity contribution is -0.250. The highest BCUT2D eigenvalue weighted by molar-refractivity contribution is 7.80. The van der Waals surface area contributed by atoms with Gasteiger partial charge in [-0.25, -0.2) is 4.79 Å². The molecule has 8 heteroatoms. The largest absolute Gasteiger partial charge is 0.480 e. The second-order valence-corrected chi connectivity index (χ2v) is 6.93. The maximum absolute atomic E-state index is 12.8. The van der Waals surface area contributed by atoms with E-state index in [-0.39, 0.29) is 10.6 Å². The van der Waals surface area contributed by atoms with Gasteiger partial charge in [0, 0.05) is 31.2 Å². The van der Waals surface area contributed by atoms with Gasteiger partial charge in [0.25, 0.3) is 11.7 Å². The number of nitrogens with two attached hydrogens (primary N) is 1. The molecule has 7 nitrogen and oxygen atoms in total. The molecule has 2 atom stereocenters. The van der Waals surface area contributed by atoms with E-state index in [1.165, 1.54) is 6.20 Å². The van der Waals surface area contributed by atoms with Crippen LogP contribution < -0.4 is 5.73 Å². The fraction of sp³-hybridized carbons (Fsp3) is 0.444. The van der Waals surface area contributed by atoms with Gasteiger partial charge >= 0.3 is 5.97 Å². The fourth-order valence-corrected chi connectivity index (χ4v) is 3.69. The summed E-state index contributed by atoms with van der Waals surface area (Å²) in [4.78, 5) is 16.7. The van der Waals surface area contributed by atoms with Gasteiger partial charge in [0.1, 0.15) is 11.5 Å². The molecule has 136 valence electrons. The smallest absolute Gasteiger partial charge is 0.345 e. The fourth-order valence-electron chi connectivity index (χ4n) is 3.51. The topological polar surface area (TPSA) is 118 Å². The molecule has 1 fully saturated rings. The number of aromatic nitrogens is 1. The second-order valence-electron chi connectivity index (χ2n) is 6.45. The van der Waals surface area contributed by atoms with E-state index >= 15 is 0 Å². The monoisotopic (exact) mass is 373 g/mol. The number of hydrogen-bond donors (Lipinski definition) is 2. The first-order valence-electron chi connectivity index (χ1n) is 8.42. The normalized spacial score (nSPS) is 21.3. The zero-order valence-corrected chi connectivity index (χ0v) is 14.9. The number of aliphatic hydroxyl groups excluding tert-OH is 1. The molecule has 1 saturated carbocycles. The van der Waals surface area contributed by atoms with Gasteiger partial charge in [-0.1, -0.05) is 24.7 Å². The van der Waals surface area contributed by atoms with Crippen LogP contribution >= 0.6 is 12.2 Å². The predicted molar refractivity (Wildman–Crippen MR) is 95.5 cm³/mol. The van der Waals surface area contributed by atoms with E-state index in [9.17, 15) is 15.2 Å². The van der Waals surface area contributed by atoms with Crippen LogP contribution in [0, 0.1) is 17.2 Å². The summed E-state index contributed by atoms with van der Waals surface area (Å²) in [5.41, 5.74) is 6.06. The highest BCUT2D eigenvalue weighted by Crippen LogP contribution is 2.43. The van der Waals surface area contributed by atoms with Crippen LogP contribution in [-0.2, 0) is 14.3 Å². The van der Waals surface area contributed by atoms with E-state index in [2.05, 4.69) is 4.98 Å². The van der Waals surface area contributed by atoms with Gasteiger partial charge in [0.2, 0.25) is 0 Å². The minimum atomic E-state index is -1.13. The zero-order chi connectivity index (χ0) is 18.7. The molecule has 0 bridgehead atoms. The van der Waals surface area contributed by atoms with Gasteiger partial charge in [-0.05, 0) is 24.5 Å². The lowest BCUT2D eigenvalue weighted by Gasteiger charge is -2.40. The first-order valence-corrected chi connectivity index (χ1v) is 8.82. The summed E-state index contributed by atoms with van der Waals surface area (Å²) in [6.07, 6.45) is 6.80. The molecule has 1 aromatic heterocycles. The molecule has 2 heterocycles. The first-order chi connectivity index (χ1) is 12.5. The van der Waals surface area contributed by atoms with Gasteiger partial charge in [-0.2, -0.15) is 5.26 Å². The van der Waals surface area contributed by atoms with Crippen LogP contribution in [0.4, 0.5) is 0 Å². The summed E-state index contributed by atoms with van der Waals surface area (Å²) >= 11 is 5.00. The van der Waals surface area contributed by atoms with E-state index in [1.807, 2.05) is 6.07 Å². The Balaban J connectivity index is 2.06. The molecule has 0 radical (unpaired) electrons. The number of aliphatic hydroxyl groups is 1. The first kappa shape index (κ1) is 18.1. The average Bonchev–Trinajstić information content (AvgIpc) is 2.61. The van der Waals surface area contributed by atoms with Crippen LogP contribution in [0.1, 0.15) is 43.6 Å². The third-order valence-electron chi connectivity index (χ3n) is 4.76. The van der Waals surface area contributed by atoms with Gasteiger partial charge in [0.15, 0.2) is 0 Å². The zero-order valence-electron chi connectivity index (χ0n) is 14.1. The summed E-state index contributed by atoms with van der Waals surface area (Å²) in [5.74, 6) is -4.34. The van der Waals surface area contributed by atoms with Crippen molar-refractivity contribution in [3.05, 3.63) is 41.6 Å². The Labute approximate surface area is 156 Å². The van der Waals surface area contributed by atoms with E-state index in [0.717, 1.165) is 19.3 Å². The Morgan fingerprint density at radius 2 is 2.12 bits per heavy atom. The number of nitriles is 1. The van der Waals surface area contributed by atoms with Gasteiger partial charge in [0.05, 0.1) is 11.1 Å². The van der Waals surface area contributed by atoms with Crippen molar-refractivity contribution in [2.24, 2.45) is 11.7 Å². The van der Waals surface area contributed by atoms with Crippen LogP contribution in [0.5, 0.6) is 0 Å². The van der Waals surface area contributed by atoms with Crippen molar-refractivity contribution in [1.29, 1.82) is 5.26 Å². The molecule has 3 rings (SSSR count). The predicted octanol–water partition coefficient (Wildman–Crippen LogP) is 2.59. The van der Waals surface area contributed by atoms with Crippen molar-refractivity contribution in [2.45, 2.75) is 43.8 Å². The Morgan fingerprint density at radius 3 is 2.65 bits per heavy atom. The maximum atomic E-state index is 12.8. The molecule has 26 heavy (non-hydrogen) atoms. The van der Waals surface area contributed by atoms with Crippen molar-refractivity contribution in [1.82, 2.24) is 4.98 Å². The van der Waals surface area contributed by atoms with E-state index < -0.39 is 29.5 Å². The molecule has 1 spiro atoms. The highest BCUT2D eigenvalue weighted by atomic mass is 32.1. The number of esters is 1. The summed E-state index contributed by atoms with van der Waals surface area (Å²) < 4.78 is 11.2. The van der Waals surface area contributed by atoms with Gasteiger partial charge in [-0.15, -0.1) is 0 Å². The molecule has 1 aliphatic heterocycles. The summed E-state index contributed by atoms with van der Waals surface area (Å²) in [6, 6.07) is 5.34. The Bertz CT molecular complexity index is 781. The van der Waals surface area contributed by atoms with Crippen LogP contribution in [0.25, 0.3) is 0 Å². The summed E-state index contributed by atoms with van der Waals surface area (Å²) in [6.45, 7) is 0. The van der Waals surface area contributed by atoms with E-state index in [0.29, 0.717) is 18.4 Å². The lowest BCUT2D eigenvalue weighted by atomic mass is 9.81. The number of carbonyl (C=O) groups is 1. The molecule has 0 amide bonds. The second kappa shape index (κ2) is 7.30. The molecule has 2 unspecified atom stereocenters. The number of pyridine rings is 1. The third kappa shape index (κ3) is 3.35. The molecular formula is C18H19N3O4S. The van der Waals surface area contributed by atoms with Crippen LogP contribution in [0.2, 0.25) is 0 Å². The molecule has 1 aromatic rings. The van der Waals surface area contributed by atoms with Crippen molar-refractivity contribution < 1.29 is 19.4 Å². The number of thiocarbonyl (C=S) groups is 1. The van der Waals surface area contributed by atoms with Crippen molar-refractivity contribution in [3.63, 3.8) is 0 Å². The number of hydrogen-bond acceptors (Lipinski definition) is 7. The molecule has 3 N–H and O–H groups in total. The van der Waals surface area contributed by atoms with Crippen molar-refractivity contribution in [3.8, 4) is 6.07 Å². The van der Waals surface area contributed by atoms with Crippen LogP contribution in [0.3, 0.4) is 0 Å². The summed E-state index contributed by atoms with van der Waals surface area (Å²) in [7, 11) is 0. The number of rotatable bonds is 4. The van der Waals surface area contributed by atoms with Crippen molar-refractivity contribution >= 4 is 23.2 Å². The summed E-state index contributed by atoms with van der Waals surface area (Å²) in [5, 5.41) is 20.1.